The third kappa shape index (κ3) is 5.44. The number of nitro benzene ring substituents is 2. The van der Waals surface area contributed by atoms with Crippen LogP contribution in [0, 0.1) is 20.2 Å². The summed E-state index contributed by atoms with van der Waals surface area (Å²) in [5.74, 6) is 0. The van der Waals surface area contributed by atoms with E-state index in [2.05, 4.69) is 0 Å². The minimum Gasteiger partial charge on any atom is -0.396 e. The normalized spacial score (nSPS) is 10.8. The van der Waals surface area contributed by atoms with Gasteiger partial charge in [0, 0.05) is 24.8 Å². The second kappa shape index (κ2) is 8.28. The van der Waals surface area contributed by atoms with E-state index < -0.39 is 9.85 Å². The molecule has 0 radical (unpaired) electrons. The molecule has 8 heteroatoms. The Kier molecular flexibility index (Phi) is 6.70. The largest absolute Gasteiger partial charge is 0.396 e. The van der Waals surface area contributed by atoms with Gasteiger partial charge >= 0.3 is 0 Å². The fourth-order valence-electron chi connectivity index (χ4n) is 2.01. The van der Waals surface area contributed by atoms with Crippen molar-refractivity contribution in [1.82, 2.24) is 4.90 Å². The SMILES string of the molecule is CN(CCCCCO)Cc1ccc([N+](=O)[O-])cc1[N+](=O)[O-]. The lowest BCUT2D eigenvalue weighted by molar-refractivity contribution is -0.394. The molecule has 0 aromatic heterocycles. The molecule has 0 saturated carbocycles. The number of hydrogen-bond acceptors (Lipinski definition) is 6. The van der Waals surface area contributed by atoms with E-state index in [4.69, 9.17) is 5.11 Å². The molecule has 0 heterocycles. The first kappa shape index (κ1) is 17.0. The molecule has 116 valence electrons. The molecule has 1 aromatic carbocycles. The van der Waals surface area contributed by atoms with Crippen LogP contribution in [0.1, 0.15) is 24.8 Å². The molecule has 0 unspecified atom stereocenters. The quantitative estimate of drug-likeness (QED) is 0.424. The highest BCUT2D eigenvalue weighted by atomic mass is 16.6. The number of rotatable bonds is 9. The maximum absolute atomic E-state index is 11.0. The molecule has 1 N–H and O–H groups in total. The van der Waals surface area contributed by atoms with Gasteiger partial charge in [0.15, 0.2) is 0 Å². The highest BCUT2D eigenvalue weighted by Gasteiger charge is 2.19. The van der Waals surface area contributed by atoms with Crippen molar-refractivity contribution in [3.63, 3.8) is 0 Å². The lowest BCUT2D eigenvalue weighted by atomic mass is 10.1. The Balaban J connectivity index is 2.73. The van der Waals surface area contributed by atoms with Gasteiger partial charge in [-0.1, -0.05) is 0 Å². The molecule has 0 aliphatic rings. The first-order valence-corrected chi connectivity index (χ1v) is 6.66. The van der Waals surface area contributed by atoms with Gasteiger partial charge in [0.05, 0.1) is 15.9 Å². The lowest BCUT2D eigenvalue weighted by Gasteiger charge is -2.16. The lowest BCUT2D eigenvalue weighted by Crippen LogP contribution is -2.19. The molecule has 0 bridgehead atoms. The van der Waals surface area contributed by atoms with Crippen molar-refractivity contribution in [3.05, 3.63) is 44.0 Å². The van der Waals surface area contributed by atoms with Crippen molar-refractivity contribution in [3.8, 4) is 0 Å². The van der Waals surface area contributed by atoms with Gasteiger partial charge in [0.1, 0.15) is 0 Å². The molecule has 1 rings (SSSR count). The average molecular weight is 297 g/mol. The molecule has 0 atom stereocenters. The van der Waals surface area contributed by atoms with Crippen molar-refractivity contribution < 1.29 is 15.0 Å². The van der Waals surface area contributed by atoms with Crippen LogP contribution in [0.2, 0.25) is 0 Å². The molecule has 0 saturated heterocycles. The number of nitrogens with zero attached hydrogens (tertiary/aromatic N) is 3. The fraction of sp³-hybridized carbons (Fsp3) is 0.538. The van der Waals surface area contributed by atoms with Crippen LogP contribution in [0.15, 0.2) is 18.2 Å². The van der Waals surface area contributed by atoms with E-state index in [1.807, 2.05) is 11.9 Å². The second-order valence-corrected chi connectivity index (χ2v) is 4.85. The van der Waals surface area contributed by atoms with Crippen LogP contribution in [0.5, 0.6) is 0 Å². The zero-order valence-electron chi connectivity index (χ0n) is 11.9. The van der Waals surface area contributed by atoms with Crippen molar-refractivity contribution in [2.45, 2.75) is 25.8 Å². The monoisotopic (exact) mass is 297 g/mol. The van der Waals surface area contributed by atoms with Crippen LogP contribution in [0.3, 0.4) is 0 Å². The van der Waals surface area contributed by atoms with Gasteiger partial charge in [-0.3, -0.25) is 20.2 Å². The third-order valence-corrected chi connectivity index (χ3v) is 3.11. The van der Waals surface area contributed by atoms with Gasteiger partial charge in [0.2, 0.25) is 0 Å². The van der Waals surface area contributed by atoms with Crippen molar-refractivity contribution >= 4 is 11.4 Å². The molecule has 0 aliphatic carbocycles. The molecule has 1 aromatic rings. The zero-order valence-corrected chi connectivity index (χ0v) is 11.9. The van der Waals surface area contributed by atoms with Gasteiger partial charge in [-0.2, -0.15) is 0 Å². The molecule has 0 fully saturated rings. The van der Waals surface area contributed by atoms with E-state index in [0.29, 0.717) is 12.1 Å². The molecule has 8 nitrogen and oxygen atoms in total. The predicted octanol–water partition coefficient (Wildman–Crippen LogP) is 2.10. The van der Waals surface area contributed by atoms with E-state index >= 15 is 0 Å². The van der Waals surface area contributed by atoms with Crippen molar-refractivity contribution in [2.24, 2.45) is 0 Å². The average Bonchev–Trinajstić information content (AvgIpc) is 2.43. The minimum absolute atomic E-state index is 0.164. The van der Waals surface area contributed by atoms with Crippen LogP contribution < -0.4 is 0 Å². The summed E-state index contributed by atoms with van der Waals surface area (Å²) < 4.78 is 0. The maximum Gasteiger partial charge on any atom is 0.280 e. The Morgan fingerprint density at radius 3 is 2.43 bits per heavy atom. The van der Waals surface area contributed by atoms with Crippen LogP contribution in [-0.4, -0.2) is 40.1 Å². The first-order valence-electron chi connectivity index (χ1n) is 6.66. The Morgan fingerprint density at radius 2 is 1.86 bits per heavy atom. The molecular formula is C13H19N3O5. The van der Waals surface area contributed by atoms with Crippen LogP contribution in [0.25, 0.3) is 0 Å². The van der Waals surface area contributed by atoms with Gasteiger partial charge in [-0.05, 0) is 38.9 Å². The van der Waals surface area contributed by atoms with Crippen molar-refractivity contribution in [2.75, 3.05) is 20.2 Å². The Bertz CT molecular complexity index is 507. The van der Waals surface area contributed by atoms with E-state index in [0.717, 1.165) is 31.9 Å². The van der Waals surface area contributed by atoms with Crippen molar-refractivity contribution in [1.29, 1.82) is 0 Å². The number of nitro groups is 2. The maximum atomic E-state index is 11.0. The number of non-ortho nitro benzene ring substituents is 1. The fourth-order valence-corrected chi connectivity index (χ4v) is 2.01. The van der Waals surface area contributed by atoms with Crippen LogP contribution >= 0.6 is 0 Å². The van der Waals surface area contributed by atoms with Crippen LogP contribution in [0.4, 0.5) is 11.4 Å². The first-order chi connectivity index (χ1) is 9.95. The van der Waals surface area contributed by atoms with Crippen LogP contribution in [-0.2, 0) is 6.54 Å². The molecule has 0 spiro atoms. The Morgan fingerprint density at radius 1 is 1.14 bits per heavy atom. The van der Waals surface area contributed by atoms with Gasteiger partial charge in [0.25, 0.3) is 11.4 Å². The summed E-state index contributed by atoms with van der Waals surface area (Å²) in [6, 6.07) is 3.71. The van der Waals surface area contributed by atoms with Gasteiger partial charge in [-0.25, -0.2) is 0 Å². The van der Waals surface area contributed by atoms with Gasteiger partial charge < -0.3 is 10.0 Å². The van der Waals surface area contributed by atoms with Gasteiger partial charge in [-0.15, -0.1) is 0 Å². The summed E-state index contributed by atoms with van der Waals surface area (Å²) >= 11 is 0. The summed E-state index contributed by atoms with van der Waals surface area (Å²) in [7, 11) is 1.84. The second-order valence-electron chi connectivity index (χ2n) is 4.85. The summed E-state index contributed by atoms with van der Waals surface area (Å²) in [4.78, 5) is 22.4. The highest BCUT2D eigenvalue weighted by molar-refractivity contribution is 5.49. The number of aliphatic hydroxyl groups is 1. The van der Waals surface area contributed by atoms with E-state index in [-0.39, 0.29) is 18.0 Å². The predicted molar refractivity (Wildman–Crippen MR) is 77.0 cm³/mol. The number of benzene rings is 1. The number of aliphatic hydroxyl groups excluding tert-OH is 1. The summed E-state index contributed by atoms with van der Waals surface area (Å²) in [6.07, 6.45) is 2.52. The molecular weight excluding hydrogens is 278 g/mol. The van der Waals surface area contributed by atoms with E-state index in [9.17, 15) is 20.2 Å². The Labute approximate surface area is 122 Å². The minimum atomic E-state index is -0.643. The molecule has 0 aliphatic heterocycles. The number of unbranched alkanes of at least 4 members (excludes halogenated alkanes) is 2. The van der Waals surface area contributed by atoms with E-state index in [1.165, 1.54) is 12.1 Å². The molecule has 21 heavy (non-hydrogen) atoms. The summed E-state index contributed by atoms with van der Waals surface area (Å²) in [5, 5.41) is 30.4. The van der Waals surface area contributed by atoms with E-state index in [1.54, 1.807) is 0 Å². The molecule has 0 amide bonds. The smallest absolute Gasteiger partial charge is 0.280 e. The highest BCUT2D eigenvalue weighted by Crippen LogP contribution is 2.25. The summed E-state index contributed by atoms with van der Waals surface area (Å²) in [5.41, 5.74) is -0.0577. The third-order valence-electron chi connectivity index (χ3n) is 3.11. The summed E-state index contributed by atoms with van der Waals surface area (Å²) in [6.45, 7) is 1.26. The Hall–Kier alpha value is -2.06. The standard InChI is InChI=1S/C13H19N3O5/c1-14(7-3-2-4-8-17)10-11-5-6-12(15(18)19)9-13(11)16(20)21/h5-6,9,17H,2-4,7-8,10H2,1H3. The number of hydrogen-bond donors (Lipinski definition) is 1. The zero-order chi connectivity index (χ0) is 15.8. The topological polar surface area (TPSA) is 110 Å².